The van der Waals surface area contributed by atoms with Gasteiger partial charge in [0, 0.05) is 19.6 Å². The van der Waals surface area contributed by atoms with Crippen molar-refractivity contribution in [3.8, 4) is 0 Å². The van der Waals surface area contributed by atoms with Crippen molar-refractivity contribution in [2.24, 2.45) is 0 Å². The van der Waals surface area contributed by atoms with Crippen LogP contribution in [-0.2, 0) is 10.2 Å². The molecule has 1 atom stereocenters. The molecule has 1 aliphatic carbocycles. The molecule has 0 amide bonds. The molecular formula is C18H25N3O2S2. The lowest BCUT2D eigenvalue weighted by atomic mass is 9.96. The standard InChI is InChI=1S/C18H25N3O2S2/c1-20(14-8-3-2-4-9-14)25(22,23)21-13-7-11-16(21)18-19-15-10-5-6-12-17(15)24-18/h5-6,10,12,14,16H,2-4,7-9,11,13H2,1H3. The number of benzene rings is 1. The zero-order valence-electron chi connectivity index (χ0n) is 14.6. The number of para-hydroxylation sites is 1. The van der Waals surface area contributed by atoms with Gasteiger partial charge in [0.15, 0.2) is 0 Å². The van der Waals surface area contributed by atoms with E-state index in [1.165, 1.54) is 6.42 Å². The first-order valence-corrected chi connectivity index (χ1v) is 11.4. The van der Waals surface area contributed by atoms with Crippen molar-refractivity contribution < 1.29 is 8.42 Å². The Morgan fingerprint density at radius 2 is 1.88 bits per heavy atom. The van der Waals surface area contributed by atoms with E-state index < -0.39 is 10.2 Å². The van der Waals surface area contributed by atoms with E-state index in [1.54, 1.807) is 27.0 Å². The lowest BCUT2D eigenvalue weighted by Crippen LogP contribution is -2.46. The van der Waals surface area contributed by atoms with Crippen molar-refractivity contribution in [3.63, 3.8) is 0 Å². The third kappa shape index (κ3) is 3.23. The van der Waals surface area contributed by atoms with Crippen molar-refractivity contribution in [2.75, 3.05) is 13.6 Å². The molecular weight excluding hydrogens is 354 g/mol. The summed E-state index contributed by atoms with van der Waals surface area (Å²) >= 11 is 1.63. The second kappa shape index (κ2) is 6.95. The smallest absolute Gasteiger partial charge is 0.239 e. The number of nitrogens with zero attached hydrogens (tertiary/aromatic N) is 3. The van der Waals surface area contributed by atoms with Crippen LogP contribution in [0.25, 0.3) is 10.2 Å². The maximum Gasteiger partial charge on any atom is 0.282 e. The maximum atomic E-state index is 13.3. The van der Waals surface area contributed by atoms with Crippen LogP contribution in [0.1, 0.15) is 56.0 Å². The van der Waals surface area contributed by atoms with E-state index in [0.717, 1.165) is 53.7 Å². The number of fused-ring (bicyclic) bond motifs is 1. The zero-order valence-corrected chi connectivity index (χ0v) is 16.2. The van der Waals surface area contributed by atoms with Crippen LogP contribution in [0.4, 0.5) is 0 Å². The first kappa shape index (κ1) is 17.4. The van der Waals surface area contributed by atoms with E-state index in [2.05, 4.69) is 6.07 Å². The minimum absolute atomic E-state index is 0.117. The Hall–Kier alpha value is -1.02. The van der Waals surface area contributed by atoms with Crippen molar-refractivity contribution >= 4 is 31.8 Å². The lowest BCUT2D eigenvalue weighted by Gasteiger charge is -2.34. The van der Waals surface area contributed by atoms with Gasteiger partial charge in [0.1, 0.15) is 5.01 Å². The van der Waals surface area contributed by atoms with Gasteiger partial charge in [0.05, 0.1) is 16.3 Å². The normalized spacial score (nSPS) is 23.7. The van der Waals surface area contributed by atoms with E-state index in [9.17, 15) is 8.42 Å². The summed E-state index contributed by atoms with van der Waals surface area (Å²) < 4.78 is 31.0. The van der Waals surface area contributed by atoms with E-state index in [0.29, 0.717) is 6.54 Å². The van der Waals surface area contributed by atoms with Crippen LogP contribution in [0.5, 0.6) is 0 Å². The molecule has 4 rings (SSSR count). The summed E-state index contributed by atoms with van der Waals surface area (Å²) in [5.74, 6) is 0. The van der Waals surface area contributed by atoms with Crippen LogP contribution in [0.15, 0.2) is 24.3 Å². The molecule has 7 heteroatoms. The van der Waals surface area contributed by atoms with Gasteiger partial charge in [-0.05, 0) is 37.8 Å². The number of aromatic nitrogens is 1. The molecule has 25 heavy (non-hydrogen) atoms. The SMILES string of the molecule is CN(C1CCCCC1)S(=O)(=O)N1CCCC1c1nc2ccccc2s1. The van der Waals surface area contributed by atoms with Crippen molar-refractivity contribution in [3.05, 3.63) is 29.3 Å². The van der Waals surface area contributed by atoms with Crippen LogP contribution < -0.4 is 0 Å². The summed E-state index contributed by atoms with van der Waals surface area (Å²) in [5.41, 5.74) is 0.965. The first-order valence-electron chi connectivity index (χ1n) is 9.17. The van der Waals surface area contributed by atoms with Crippen molar-refractivity contribution in [2.45, 2.75) is 57.0 Å². The molecule has 2 aromatic rings. The summed E-state index contributed by atoms with van der Waals surface area (Å²) in [4.78, 5) is 4.72. The molecule has 0 N–H and O–H groups in total. The molecule has 1 aromatic carbocycles. The summed E-state index contributed by atoms with van der Waals surface area (Å²) in [6, 6.07) is 8.06. The summed E-state index contributed by atoms with van der Waals surface area (Å²) in [6.07, 6.45) is 7.21. The number of hydrogen-bond acceptors (Lipinski definition) is 4. The second-order valence-corrected chi connectivity index (χ2v) is 10.1. The Kier molecular flexibility index (Phi) is 4.83. The van der Waals surface area contributed by atoms with E-state index in [-0.39, 0.29) is 12.1 Å². The second-order valence-electron chi connectivity index (χ2n) is 7.10. The van der Waals surface area contributed by atoms with Gasteiger partial charge < -0.3 is 0 Å². The molecule has 1 saturated carbocycles. The minimum atomic E-state index is -3.44. The molecule has 1 aliphatic heterocycles. The van der Waals surface area contributed by atoms with Crippen LogP contribution in [0.3, 0.4) is 0 Å². The first-order chi connectivity index (χ1) is 12.1. The topological polar surface area (TPSA) is 53.5 Å². The van der Waals surface area contributed by atoms with Gasteiger partial charge in [-0.1, -0.05) is 31.4 Å². The zero-order chi connectivity index (χ0) is 17.4. The van der Waals surface area contributed by atoms with Gasteiger partial charge in [0.25, 0.3) is 10.2 Å². The van der Waals surface area contributed by atoms with Crippen molar-refractivity contribution in [1.82, 2.24) is 13.6 Å². The number of hydrogen-bond donors (Lipinski definition) is 0. The largest absolute Gasteiger partial charge is 0.282 e. The summed E-state index contributed by atoms with van der Waals surface area (Å²) in [5, 5.41) is 0.930. The average molecular weight is 380 g/mol. The van der Waals surface area contributed by atoms with Crippen LogP contribution in [-0.4, -0.2) is 41.6 Å². The van der Waals surface area contributed by atoms with Gasteiger partial charge in [-0.3, -0.25) is 0 Å². The molecule has 0 spiro atoms. The van der Waals surface area contributed by atoms with Gasteiger partial charge in [-0.15, -0.1) is 11.3 Å². The van der Waals surface area contributed by atoms with Gasteiger partial charge in [-0.2, -0.15) is 17.0 Å². The Morgan fingerprint density at radius 1 is 1.12 bits per heavy atom. The molecule has 2 aliphatic rings. The number of thiazole rings is 1. The van der Waals surface area contributed by atoms with E-state index in [1.807, 2.05) is 18.2 Å². The summed E-state index contributed by atoms with van der Waals surface area (Å²) in [7, 11) is -1.68. The van der Waals surface area contributed by atoms with Crippen molar-refractivity contribution in [1.29, 1.82) is 0 Å². The van der Waals surface area contributed by atoms with Crippen LogP contribution >= 0.6 is 11.3 Å². The predicted molar refractivity (Wildman–Crippen MR) is 102 cm³/mol. The quantitative estimate of drug-likeness (QED) is 0.808. The molecule has 0 radical (unpaired) electrons. The Bertz CT molecular complexity index is 810. The fourth-order valence-corrected chi connectivity index (χ4v) is 7.08. The highest BCUT2D eigenvalue weighted by molar-refractivity contribution is 7.86. The highest BCUT2D eigenvalue weighted by Gasteiger charge is 2.41. The molecule has 1 aromatic heterocycles. The van der Waals surface area contributed by atoms with Gasteiger partial charge in [0.2, 0.25) is 0 Å². The lowest BCUT2D eigenvalue weighted by molar-refractivity contribution is 0.259. The monoisotopic (exact) mass is 379 g/mol. The molecule has 5 nitrogen and oxygen atoms in total. The fraction of sp³-hybridized carbons (Fsp3) is 0.611. The third-order valence-corrected chi connectivity index (χ3v) is 8.74. The fourth-order valence-electron chi connectivity index (χ4n) is 4.09. The highest BCUT2D eigenvalue weighted by atomic mass is 32.2. The minimum Gasteiger partial charge on any atom is -0.239 e. The number of rotatable bonds is 4. The molecule has 2 heterocycles. The van der Waals surface area contributed by atoms with Crippen LogP contribution in [0.2, 0.25) is 0 Å². The van der Waals surface area contributed by atoms with Gasteiger partial charge in [-0.25, -0.2) is 4.98 Å². The third-order valence-electron chi connectivity index (χ3n) is 5.55. The van der Waals surface area contributed by atoms with Crippen LogP contribution in [0, 0.1) is 0 Å². The molecule has 1 unspecified atom stereocenters. The Morgan fingerprint density at radius 3 is 2.64 bits per heavy atom. The molecule has 136 valence electrons. The highest BCUT2D eigenvalue weighted by Crippen LogP contribution is 2.39. The predicted octanol–water partition coefficient (Wildman–Crippen LogP) is 3.94. The van der Waals surface area contributed by atoms with E-state index >= 15 is 0 Å². The Labute approximate surface area is 153 Å². The maximum absolute atomic E-state index is 13.3. The van der Waals surface area contributed by atoms with E-state index in [4.69, 9.17) is 4.98 Å². The summed E-state index contributed by atoms with van der Waals surface area (Å²) in [6.45, 7) is 0.597. The molecule has 2 fully saturated rings. The average Bonchev–Trinajstić information content (AvgIpc) is 3.28. The van der Waals surface area contributed by atoms with Gasteiger partial charge >= 0.3 is 0 Å². The Balaban J connectivity index is 1.61. The molecule has 0 bridgehead atoms. The molecule has 1 saturated heterocycles.